The zero-order valence-electron chi connectivity index (χ0n) is 14.7. The summed E-state index contributed by atoms with van der Waals surface area (Å²) in [7, 11) is 1.37. The van der Waals surface area contributed by atoms with E-state index in [1.54, 1.807) is 0 Å². The number of alkyl halides is 3. The Bertz CT molecular complexity index is 741. The third-order valence-corrected chi connectivity index (χ3v) is 4.23. The number of amides is 1. The Labute approximate surface area is 149 Å². The number of hydrogen-bond donors (Lipinski definition) is 2. The predicted molar refractivity (Wildman–Crippen MR) is 90.3 cm³/mol. The number of carbonyl (C=O) groups excluding carboxylic acids is 1. The molecule has 0 aliphatic heterocycles. The predicted octanol–water partition coefficient (Wildman–Crippen LogP) is 2.62. The van der Waals surface area contributed by atoms with Crippen LogP contribution in [0.15, 0.2) is 36.7 Å². The van der Waals surface area contributed by atoms with Gasteiger partial charge in [0.2, 0.25) is 11.5 Å². The van der Waals surface area contributed by atoms with Gasteiger partial charge < -0.3 is 15.0 Å². The third-order valence-electron chi connectivity index (χ3n) is 4.23. The van der Waals surface area contributed by atoms with Gasteiger partial charge in [0.15, 0.2) is 0 Å². The first-order valence-corrected chi connectivity index (χ1v) is 8.22. The highest BCUT2D eigenvalue weighted by atomic mass is 19.4. The van der Waals surface area contributed by atoms with E-state index < -0.39 is 24.0 Å². The molecule has 1 unspecified atom stereocenters. The molecule has 1 aromatic heterocycles. The maximum atomic E-state index is 13.4. The summed E-state index contributed by atoms with van der Waals surface area (Å²) >= 11 is 0. The van der Waals surface area contributed by atoms with Crippen LogP contribution < -0.4 is 5.32 Å². The maximum absolute atomic E-state index is 13.4. The maximum Gasteiger partial charge on any atom is 0.424 e. The largest absolute Gasteiger partial charge is 0.424 e. The molecule has 0 saturated carbocycles. The number of imidazole rings is 1. The Morgan fingerprint density at radius 3 is 2.46 bits per heavy atom. The van der Waals surface area contributed by atoms with Gasteiger partial charge in [-0.3, -0.25) is 4.79 Å². The van der Waals surface area contributed by atoms with Crippen LogP contribution in [0.4, 0.5) is 13.2 Å². The van der Waals surface area contributed by atoms with E-state index in [2.05, 4.69) is 10.3 Å². The summed E-state index contributed by atoms with van der Waals surface area (Å²) in [6.45, 7) is 1.65. The minimum Gasteiger partial charge on any atom is -0.374 e. The topological polar surface area (TPSA) is 67.2 Å². The molecule has 0 aliphatic carbocycles. The molecule has 1 heterocycles. The third kappa shape index (κ3) is 4.63. The molecule has 0 spiro atoms. The summed E-state index contributed by atoms with van der Waals surface area (Å²) in [6.07, 6.45) is -2.44. The Morgan fingerprint density at radius 2 is 1.92 bits per heavy atom. The van der Waals surface area contributed by atoms with Crippen LogP contribution in [-0.4, -0.2) is 33.3 Å². The lowest BCUT2D eigenvalue weighted by molar-refractivity contribution is -0.272. The molecule has 26 heavy (non-hydrogen) atoms. The molecule has 8 heteroatoms. The van der Waals surface area contributed by atoms with Crippen molar-refractivity contribution < 1.29 is 23.1 Å². The molecule has 5 nitrogen and oxygen atoms in total. The molecule has 2 rings (SSSR count). The summed E-state index contributed by atoms with van der Waals surface area (Å²) in [4.78, 5) is 15.5. The molecular formula is C18H22F3N3O2. The molecule has 1 aromatic carbocycles. The minimum atomic E-state index is -4.90. The highest BCUT2D eigenvalue weighted by molar-refractivity contribution is 5.76. The summed E-state index contributed by atoms with van der Waals surface area (Å²) in [6, 6.07) is 7.69. The number of rotatable bonds is 7. The number of halogens is 3. The fourth-order valence-electron chi connectivity index (χ4n) is 2.63. The van der Waals surface area contributed by atoms with Crippen molar-refractivity contribution in [2.45, 2.75) is 38.0 Å². The average Bonchev–Trinajstić information content (AvgIpc) is 2.99. The van der Waals surface area contributed by atoms with Gasteiger partial charge in [0, 0.05) is 38.8 Å². The first-order chi connectivity index (χ1) is 12.1. The van der Waals surface area contributed by atoms with Crippen molar-refractivity contribution >= 4 is 5.91 Å². The van der Waals surface area contributed by atoms with Crippen LogP contribution >= 0.6 is 0 Å². The van der Waals surface area contributed by atoms with Gasteiger partial charge in [0.25, 0.3) is 0 Å². The molecule has 1 atom stereocenters. The number of nitrogens with zero attached hydrogens (tertiary/aromatic N) is 2. The van der Waals surface area contributed by atoms with Gasteiger partial charge >= 0.3 is 6.18 Å². The van der Waals surface area contributed by atoms with Crippen LogP contribution in [0.1, 0.15) is 29.8 Å². The molecule has 0 aliphatic rings. The fraction of sp³-hybridized carbons (Fsp3) is 0.444. The fourth-order valence-corrected chi connectivity index (χ4v) is 2.63. The SMILES string of the molecule is Cc1ccc(CCC(=O)NCCC(O)(c2nccn2C)C(F)(F)F)cc1. The molecule has 2 aromatic rings. The number of benzene rings is 1. The van der Waals surface area contributed by atoms with Gasteiger partial charge in [0.1, 0.15) is 5.82 Å². The summed E-state index contributed by atoms with van der Waals surface area (Å²) in [5, 5.41) is 12.6. The standard InChI is InChI=1S/C18H22F3N3O2/c1-13-3-5-14(6-4-13)7-8-15(25)22-10-9-17(26,18(19,20)21)16-23-11-12-24(16)2/h3-6,11-12,26H,7-10H2,1-2H3,(H,22,25). The van der Waals surface area contributed by atoms with E-state index in [4.69, 9.17) is 0 Å². The Kier molecular flexibility index (Phi) is 6.07. The second kappa shape index (κ2) is 7.90. The van der Waals surface area contributed by atoms with Crippen LogP contribution in [0.3, 0.4) is 0 Å². The Balaban J connectivity index is 1.90. The molecule has 1 amide bonds. The van der Waals surface area contributed by atoms with Crippen molar-refractivity contribution in [1.82, 2.24) is 14.9 Å². The highest BCUT2D eigenvalue weighted by Crippen LogP contribution is 2.40. The minimum absolute atomic E-state index is 0.163. The van der Waals surface area contributed by atoms with E-state index in [9.17, 15) is 23.1 Å². The van der Waals surface area contributed by atoms with E-state index in [1.807, 2.05) is 31.2 Å². The van der Waals surface area contributed by atoms with Crippen LogP contribution in [0.2, 0.25) is 0 Å². The van der Waals surface area contributed by atoms with Crippen molar-refractivity contribution in [2.75, 3.05) is 6.54 Å². The lowest BCUT2D eigenvalue weighted by Gasteiger charge is -2.30. The van der Waals surface area contributed by atoms with Crippen LogP contribution in [0.5, 0.6) is 0 Å². The van der Waals surface area contributed by atoms with Crippen molar-refractivity contribution in [2.24, 2.45) is 7.05 Å². The van der Waals surface area contributed by atoms with E-state index in [0.29, 0.717) is 6.42 Å². The van der Waals surface area contributed by atoms with Gasteiger partial charge in [-0.05, 0) is 18.9 Å². The van der Waals surface area contributed by atoms with Gasteiger partial charge in [-0.1, -0.05) is 29.8 Å². The normalized spacial score (nSPS) is 14.1. The highest BCUT2D eigenvalue weighted by Gasteiger charge is 2.57. The zero-order chi connectivity index (χ0) is 19.4. The van der Waals surface area contributed by atoms with Crippen LogP contribution in [-0.2, 0) is 23.9 Å². The first kappa shape index (κ1) is 20.0. The monoisotopic (exact) mass is 369 g/mol. The smallest absolute Gasteiger partial charge is 0.374 e. The van der Waals surface area contributed by atoms with Gasteiger partial charge in [-0.25, -0.2) is 4.98 Å². The second-order valence-electron chi connectivity index (χ2n) is 6.31. The van der Waals surface area contributed by atoms with Crippen molar-refractivity contribution in [3.63, 3.8) is 0 Å². The average molecular weight is 369 g/mol. The van der Waals surface area contributed by atoms with Crippen LogP contribution in [0, 0.1) is 6.92 Å². The van der Waals surface area contributed by atoms with E-state index in [0.717, 1.165) is 15.7 Å². The number of aromatic nitrogens is 2. The van der Waals surface area contributed by atoms with E-state index >= 15 is 0 Å². The Hall–Kier alpha value is -2.35. The van der Waals surface area contributed by atoms with E-state index in [-0.39, 0.29) is 18.9 Å². The first-order valence-electron chi connectivity index (χ1n) is 8.22. The summed E-state index contributed by atoms with van der Waals surface area (Å²) in [5.74, 6) is -0.867. The summed E-state index contributed by atoms with van der Waals surface area (Å²) in [5.41, 5.74) is -1.03. The van der Waals surface area contributed by atoms with Crippen LogP contribution in [0.25, 0.3) is 0 Å². The molecule has 0 bridgehead atoms. The number of aliphatic hydroxyl groups is 1. The number of nitrogens with one attached hydrogen (secondary N) is 1. The quantitative estimate of drug-likeness (QED) is 0.788. The molecule has 2 N–H and O–H groups in total. The van der Waals surface area contributed by atoms with Crippen molar-refractivity contribution in [3.8, 4) is 0 Å². The molecule has 0 radical (unpaired) electrons. The Morgan fingerprint density at radius 1 is 1.27 bits per heavy atom. The zero-order valence-corrected chi connectivity index (χ0v) is 14.7. The molecular weight excluding hydrogens is 347 g/mol. The second-order valence-corrected chi connectivity index (χ2v) is 6.31. The lowest BCUT2D eigenvalue weighted by Crippen LogP contribution is -2.46. The number of carbonyl (C=O) groups is 1. The summed E-state index contributed by atoms with van der Waals surface area (Å²) < 4.78 is 41.2. The number of aryl methyl sites for hydroxylation is 3. The van der Waals surface area contributed by atoms with Crippen molar-refractivity contribution in [1.29, 1.82) is 0 Å². The number of hydrogen-bond acceptors (Lipinski definition) is 3. The van der Waals surface area contributed by atoms with Crippen molar-refractivity contribution in [3.05, 3.63) is 53.6 Å². The molecule has 0 saturated heterocycles. The van der Waals surface area contributed by atoms with E-state index in [1.165, 1.54) is 19.4 Å². The van der Waals surface area contributed by atoms with Gasteiger partial charge in [-0.15, -0.1) is 0 Å². The molecule has 142 valence electrons. The lowest BCUT2D eigenvalue weighted by atomic mass is 9.97. The van der Waals surface area contributed by atoms with Gasteiger partial charge in [0.05, 0.1) is 0 Å². The molecule has 0 fully saturated rings. The van der Waals surface area contributed by atoms with Gasteiger partial charge in [-0.2, -0.15) is 13.2 Å².